The molecule has 12 heavy (non-hydrogen) atoms. The summed E-state index contributed by atoms with van der Waals surface area (Å²) in [6.45, 7) is 0. The van der Waals surface area contributed by atoms with Crippen LogP contribution in [0.2, 0.25) is 0 Å². The van der Waals surface area contributed by atoms with Crippen molar-refractivity contribution in [3.8, 4) is 5.75 Å². The Morgan fingerprint density at radius 1 is 1.33 bits per heavy atom. The van der Waals surface area contributed by atoms with E-state index in [4.69, 9.17) is 10.9 Å². The molecule has 1 aromatic carbocycles. The van der Waals surface area contributed by atoms with Crippen LogP contribution in [0, 0.1) is 0 Å². The van der Waals surface area contributed by atoms with E-state index in [1.165, 1.54) is 0 Å². The van der Waals surface area contributed by atoms with Crippen molar-refractivity contribution in [3.05, 3.63) is 29.8 Å². The number of rotatable bonds is 2. The van der Waals surface area contributed by atoms with E-state index in [0.29, 0.717) is 0 Å². The summed E-state index contributed by atoms with van der Waals surface area (Å²) in [5.41, 5.74) is 0.838. The van der Waals surface area contributed by atoms with Crippen molar-refractivity contribution in [2.45, 2.75) is 5.37 Å². The van der Waals surface area contributed by atoms with Gasteiger partial charge in [-0.05, 0) is 17.7 Å². The molecule has 4 nitrogen and oxygen atoms in total. The molecule has 0 saturated heterocycles. The van der Waals surface area contributed by atoms with Crippen LogP contribution in [0.15, 0.2) is 34.6 Å². The first-order chi connectivity index (χ1) is 5.74. The van der Waals surface area contributed by atoms with Crippen LogP contribution >= 0.6 is 12.6 Å². The molecular formula is C7H9N3OS. The van der Waals surface area contributed by atoms with Gasteiger partial charge in [-0.2, -0.15) is 5.11 Å². The molecule has 0 aliphatic heterocycles. The highest BCUT2D eigenvalue weighted by molar-refractivity contribution is 7.80. The lowest BCUT2D eigenvalue weighted by molar-refractivity contribution is 0.475. The molecule has 0 aliphatic carbocycles. The Morgan fingerprint density at radius 3 is 2.42 bits per heavy atom. The van der Waals surface area contributed by atoms with Crippen LogP contribution < -0.4 is 5.84 Å². The fraction of sp³-hybridized carbons (Fsp3) is 0.143. The van der Waals surface area contributed by atoms with E-state index < -0.39 is 0 Å². The fourth-order valence-electron chi connectivity index (χ4n) is 0.776. The maximum Gasteiger partial charge on any atom is 0.141 e. The molecule has 0 aromatic heterocycles. The molecule has 1 atom stereocenters. The second kappa shape index (κ2) is 3.96. The summed E-state index contributed by atoms with van der Waals surface area (Å²) in [4.78, 5) is 0. The van der Waals surface area contributed by atoms with E-state index in [-0.39, 0.29) is 11.1 Å². The summed E-state index contributed by atoms with van der Waals surface area (Å²) in [6.07, 6.45) is 0. The van der Waals surface area contributed by atoms with Gasteiger partial charge in [0.2, 0.25) is 0 Å². The second-order valence-corrected chi connectivity index (χ2v) is 2.69. The maximum atomic E-state index is 8.96. The zero-order valence-corrected chi connectivity index (χ0v) is 7.15. The van der Waals surface area contributed by atoms with Crippen molar-refractivity contribution in [1.29, 1.82) is 0 Å². The van der Waals surface area contributed by atoms with Gasteiger partial charge in [-0.25, -0.2) is 0 Å². The predicted molar refractivity (Wildman–Crippen MR) is 48.9 cm³/mol. The quantitative estimate of drug-likeness (QED) is 0.282. The van der Waals surface area contributed by atoms with E-state index in [2.05, 4.69) is 23.0 Å². The van der Waals surface area contributed by atoms with Gasteiger partial charge in [-0.3, -0.25) is 0 Å². The van der Waals surface area contributed by atoms with Gasteiger partial charge >= 0.3 is 0 Å². The average molecular weight is 183 g/mol. The molecule has 0 bridgehead atoms. The zero-order chi connectivity index (χ0) is 8.97. The van der Waals surface area contributed by atoms with E-state index in [1.54, 1.807) is 24.3 Å². The minimum atomic E-state index is -0.365. The first-order valence-corrected chi connectivity index (χ1v) is 3.82. The third-order valence-electron chi connectivity index (χ3n) is 1.37. The number of phenols is 1. The Hall–Kier alpha value is -1.23. The number of aromatic hydroxyl groups is 1. The number of phenolic OH excluding ortho intramolecular Hbond substituents is 1. The highest BCUT2D eigenvalue weighted by atomic mass is 32.1. The SMILES string of the molecule is NN=NC(S)c1ccc(O)cc1. The van der Waals surface area contributed by atoms with Crippen LogP contribution in [0.3, 0.4) is 0 Å². The van der Waals surface area contributed by atoms with Crippen molar-refractivity contribution in [2.75, 3.05) is 0 Å². The highest BCUT2D eigenvalue weighted by Crippen LogP contribution is 2.22. The average Bonchev–Trinajstić information content (AvgIpc) is 2.06. The van der Waals surface area contributed by atoms with Crippen molar-refractivity contribution in [2.24, 2.45) is 16.2 Å². The number of nitrogens with two attached hydrogens (primary N) is 1. The lowest BCUT2D eigenvalue weighted by atomic mass is 10.2. The number of thiol groups is 1. The molecule has 5 heteroatoms. The smallest absolute Gasteiger partial charge is 0.141 e. The van der Waals surface area contributed by atoms with Crippen molar-refractivity contribution in [1.82, 2.24) is 0 Å². The lowest BCUT2D eigenvalue weighted by Crippen LogP contribution is -1.86. The van der Waals surface area contributed by atoms with Crippen LogP contribution in [-0.4, -0.2) is 5.11 Å². The molecular weight excluding hydrogens is 174 g/mol. The molecule has 0 saturated carbocycles. The normalized spacial score (nSPS) is 13.4. The Balaban J connectivity index is 2.82. The summed E-state index contributed by atoms with van der Waals surface area (Å²) in [6, 6.07) is 6.54. The predicted octanol–water partition coefficient (Wildman–Crippen LogP) is 1.65. The van der Waals surface area contributed by atoms with Gasteiger partial charge in [0.05, 0.1) is 0 Å². The minimum Gasteiger partial charge on any atom is -0.508 e. The third kappa shape index (κ3) is 2.13. The minimum absolute atomic E-state index is 0.212. The molecule has 0 fully saturated rings. The largest absolute Gasteiger partial charge is 0.508 e. The van der Waals surface area contributed by atoms with Gasteiger partial charge in [0, 0.05) is 0 Å². The second-order valence-electron chi connectivity index (χ2n) is 2.20. The van der Waals surface area contributed by atoms with E-state index >= 15 is 0 Å². The standard InChI is InChI=1S/C7H9N3OS/c8-10-9-7(12)5-1-3-6(11)4-2-5/h1-4,7,11-12H,(H2,8,9). The Bertz CT molecular complexity index is 272. The van der Waals surface area contributed by atoms with E-state index in [0.717, 1.165) is 5.56 Å². The highest BCUT2D eigenvalue weighted by Gasteiger charge is 2.02. The molecule has 64 valence electrons. The van der Waals surface area contributed by atoms with Gasteiger partial charge in [-0.15, -0.1) is 12.6 Å². The summed E-state index contributed by atoms with van der Waals surface area (Å²) < 4.78 is 0. The Labute approximate surface area is 75.5 Å². The van der Waals surface area contributed by atoms with E-state index in [9.17, 15) is 0 Å². The summed E-state index contributed by atoms with van der Waals surface area (Å²) in [5.74, 6) is 5.07. The zero-order valence-electron chi connectivity index (χ0n) is 6.25. The molecule has 0 aliphatic rings. The summed E-state index contributed by atoms with van der Waals surface area (Å²) in [7, 11) is 0. The lowest BCUT2D eigenvalue weighted by Gasteiger charge is -2.02. The monoisotopic (exact) mass is 183 g/mol. The molecule has 1 rings (SSSR count). The van der Waals surface area contributed by atoms with Gasteiger partial charge in [0.15, 0.2) is 0 Å². The summed E-state index contributed by atoms with van der Waals surface area (Å²) >= 11 is 4.11. The molecule has 0 amide bonds. The van der Waals surface area contributed by atoms with Crippen LogP contribution in [0.1, 0.15) is 10.9 Å². The molecule has 3 N–H and O–H groups in total. The van der Waals surface area contributed by atoms with Gasteiger partial charge in [-0.1, -0.05) is 17.4 Å². The van der Waals surface area contributed by atoms with Crippen LogP contribution in [-0.2, 0) is 0 Å². The molecule has 0 radical (unpaired) electrons. The number of nitrogens with zero attached hydrogens (tertiary/aromatic N) is 2. The first-order valence-electron chi connectivity index (χ1n) is 3.31. The molecule has 1 aromatic rings. The number of hydrogen-bond acceptors (Lipinski definition) is 4. The fourth-order valence-corrected chi connectivity index (χ4v) is 1.01. The van der Waals surface area contributed by atoms with E-state index in [1.807, 2.05) is 0 Å². The Morgan fingerprint density at radius 2 is 1.92 bits per heavy atom. The van der Waals surface area contributed by atoms with Crippen molar-refractivity contribution >= 4 is 12.6 Å². The van der Waals surface area contributed by atoms with Gasteiger partial charge < -0.3 is 10.9 Å². The van der Waals surface area contributed by atoms with Crippen molar-refractivity contribution < 1.29 is 5.11 Å². The number of benzene rings is 1. The first kappa shape index (κ1) is 8.86. The number of hydrogen-bond donors (Lipinski definition) is 3. The Kier molecular flexibility index (Phi) is 2.93. The molecule has 0 spiro atoms. The molecule has 1 unspecified atom stereocenters. The van der Waals surface area contributed by atoms with Crippen LogP contribution in [0.4, 0.5) is 0 Å². The summed E-state index contributed by atoms with van der Waals surface area (Å²) in [5, 5.41) is 15.3. The molecule has 0 heterocycles. The van der Waals surface area contributed by atoms with Gasteiger partial charge in [0.1, 0.15) is 11.1 Å². The van der Waals surface area contributed by atoms with Crippen molar-refractivity contribution in [3.63, 3.8) is 0 Å². The van der Waals surface area contributed by atoms with Crippen LogP contribution in [0.25, 0.3) is 0 Å². The van der Waals surface area contributed by atoms with Gasteiger partial charge in [0.25, 0.3) is 0 Å². The maximum absolute atomic E-state index is 8.96. The topological polar surface area (TPSA) is 71.0 Å². The third-order valence-corrected chi connectivity index (χ3v) is 1.77. The van der Waals surface area contributed by atoms with Crippen LogP contribution in [0.5, 0.6) is 5.75 Å².